The van der Waals surface area contributed by atoms with Gasteiger partial charge >= 0.3 is 5.97 Å². The van der Waals surface area contributed by atoms with Crippen LogP contribution in [0, 0.1) is 5.82 Å². The van der Waals surface area contributed by atoms with Crippen LogP contribution in [0.1, 0.15) is 5.56 Å². The summed E-state index contributed by atoms with van der Waals surface area (Å²) in [5.74, 6) is -1.32. The van der Waals surface area contributed by atoms with Gasteiger partial charge in [0.25, 0.3) is 0 Å². The van der Waals surface area contributed by atoms with Crippen LogP contribution < -0.4 is 0 Å². The van der Waals surface area contributed by atoms with Gasteiger partial charge in [0.15, 0.2) is 0 Å². The standard InChI is InChI=1S/C11H13ClFNO2/c1-14(7-10(12)11(15)16)6-8-2-4-9(13)5-3-8/h2-5,10H,6-7H2,1H3,(H,15,16). The maximum atomic E-state index is 12.6. The zero-order valence-corrected chi connectivity index (χ0v) is 9.62. The lowest BCUT2D eigenvalue weighted by atomic mass is 10.2. The summed E-state index contributed by atoms with van der Waals surface area (Å²) in [5.41, 5.74) is 0.915. The molecule has 1 N–H and O–H groups in total. The van der Waals surface area contributed by atoms with E-state index in [1.54, 1.807) is 24.1 Å². The topological polar surface area (TPSA) is 40.5 Å². The number of aliphatic carboxylic acids is 1. The van der Waals surface area contributed by atoms with Crippen LogP contribution in [0.2, 0.25) is 0 Å². The van der Waals surface area contributed by atoms with Crippen molar-refractivity contribution >= 4 is 17.6 Å². The molecule has 0 aliphatic rings. The van der Waals surface area contributed by atoms with Crippen molar-refractivity contribution in [3.05, 3.63) is 35.6 Å². The van der Waals surface area contributed by atoms with Crippen LogP contribution >= 0.6 is 11.6 Å². The summed E-state index contributed by atoms with van der Waals surface area (Å²) < 4.78 is 12.6. The van der Waals surface area contributed by atoms with E-state index in [1.165, 1.54) is 12.1 Å². The van der Waals surface area contributed by atoms with Crippen molar-refractivity contribution in [2.45, 2.75) is 11.9 Å². The Bertz CT molecular complexity index is 356. The van der Waals surface area contributed by atoms with Gasteiger partial charge in [-0.1, -0.05) is 12.1 Å². The lowest BCUT2D eigenvalue weighted by Gasteiger charge is -2.17. The summed E-state index contributed by atoms with van der Waals surface area (Å²) in [5, 5.41) is 7.70. The minimum Gasteiger partial charge on any atom is -0.480 e. The Morgan fingerprint density at radius 3 is 2.56 bits per heavy atom. The Morgan fingerprint density at radius 2 is 2.06 bits per heavy atom. The van der Waals surface area contributed by atoms with Crippen molar-refractivity contribution in [3.63, 3.8) is 0 Å². The minimum atomic E-state index is -1.03. The minimum absolute atomic E-state index is 0.244. The second-order valence-electron chi connectivity index (χ2n) is 3.63. The fourth-order valence-corrected chi connectivity index (χ4v) is 1.55. The average Bonchev–Trinajstić information content (AvgIpc) is 2.21. The van der Waals surface area contributed by atoms with Gasteiger partial charge in [-0.15, -0.1) is 11.6 Å². The summed E-state index contributed by atoms with van der Waals surface area (Å²) in [6, 6.07) is 6.07. The first-order chi connectivity index (χ1) is 7.49. The zero-order chi connectivity index (χ0) is 12.1. The number of nitrogens with zero attached hydrogens (tertiary/aromatic N) is 1. The van der Waals surface area contributed by atoms with Crippen molar-refractivity contribution in [1.29, 1.82) is 0 Å². The third-order valence-corrected chi connectivity index (χ3v) is 2.43. The van der Waals surface area contributed by atoms with Crippen LogP contribution in [0.3, 0.4) is 0 Å². The molecular weight excluding hydrogens is 233 g/mol. The molecule has 0 fully saturated rings. The molecule has 1 aromatic carbocycles. The number of rotatable bonds is 5. The van der Waals surface area contributed by atoms with Gasteiger partial charge in [0, 0.05) is 13.1 Å². The molecule has 0 spiro atoms. The van der Waals surface area contributed by atoms with Crippen LogP contribution in [0.4, 0.5) is 4.39 Å². The number of carboxylic acids is 1. The first-order valence-corrected chi connectivity index (χ1v) is 5.22. The van der Waals surface area contributed by atoms with Gasteiger partial charge in [0.1, 0.15) is 11.2 Å². The molecule has 5 heteroatoms. The molecule has 0 radical (unpaired) electrons. The Balaban J connectivity index is 2.48. The molecule has 1 unspecified atom stereocenters. The third kappa shape index (κ3) is 4.16. The second-order valence-corrected chi connectivity index (χ2v) is 4.16. The van der Waals surface area contributed by atoms with Gasteiger partial charge in [-0.2, -0.15) is 0 Å². The maximum absolute atomic E-state index is 12.6. The molecule has 0 aromatic heterocycles. The molecule has 0 saturated carbocycles. The fraction of sp³-hybridized carbons (Fsp3) is 0.364. The highest BCUT2D eigenvalue weighted by atomic mass is 35.5. The SMILES string of the molecule is CN(Cc1ccc(F)cc1)CC(Cl)C(=O)O. The van der Waals surface area contributed by atoms with Crippen molar-refractivity contribution in [2.75, 3.05) is 13.6 Å². The van der Waals surface area contributed by atoms with Crippen LogP contribution in [0.5, 0.6) is 0 Å². The number of hydrogen-bond acceptors (Lipinski definition) is 2. The molecule has 0 bridgehead atoms. The summed E-state index contributed by atoms with van der Waals surface area (Å²) in [7, 11) is 1.77. The third-order valence-electron chi connectivity index (χ3n) is 2.11. The highest BCUT2D eigenvalue weighted by molar-refractivity contribution is 6.29. The quantitative estimate of drug-likeness (QED) is 0.806. The van der Waals surface area contributed by atoms with Gasteiger partial charge in [0.05, 0.1) is 0 Å². The van der Waals surface area contributed by atoms with E-state index in [-0.39, 0.29) is 12.4 Å². The van der Waals surface area contributed by atoms with Gasteiger partial charge in [-0.05, 0) is 24.7 Å². The van der Waals surface area contributed by atoms with Crippen LogP contribution in [-0.4, -0.2) is 34.9 Å². The van der Waals surface area contributed by atoms with E-state index in [2.05, 4.69) is 0 Å². The number of alkyl halides is 1. The number of halogens is 2. The first-order valence-electron chi connectivity index (χ1n) is 4.79. The van der Waals surface area contributed by atoms with Crippen LogP contribution in [0.15, 0.2) is 24.3 Å². The Kier molecular flexibility index (Phi) is 4.71. The number of carboxylic acid groups (broad SMARTS) is 1. The Labute approximate surface area is 98.4 Å². The van der Waals surface area contributed by atoms with E-state index >= 15 is 0 Å². The fourth-order valence-electron chi connectivity index (χ4n) is 1.32. The largest absolute Gasteiger partial charge is 0.480 e. The van der Waals surface area contributed by atoms with Crippen molar-refractivity contribution in [3.8, 4) is 0 Å². The molecule has 1 rings (SSSR count). The van der Waals surface area contributed by atoms with Crippen molar-refractivity contribution in [2.24, 2.45) is 0 Å². The molecule has 88 valence electrons. The number of benzene rings is 1. The molecule has 0 amide bonds. The molecule has 16 heavy (non-hydrogen) atoms. The summed E-state index contributed by atoms with van der Waals surface area (Å²) in [4.78, 5) is 12.3. The monoisotopic (exact) mass is 245 g/mol. The normalized spacial score (nSPS) is 12.8. The highest BCUT2D eigenvalue weighted by Crippen LogP contribution is 2.07. The van der Waals surface area contributed by atoms with E-state index in [0.717, 1.165) is 5.56 Å². The van der Waals surface area contributed by atoms with Crippen LogP contribution in [-0.2, 0) is 11.3 Å². The summed E-state index contributed by atoms with van der Waals surface area (Å²) >= 11 is 5.60. The first kappa shape index (κ1) is 12.9. The van der Waals surface area contributed by atoms with Gasteiger partial charge in [0.2, 0.25) is 0 Å². The molecule has 3 nitrogen and oxygen atoms in total. The average molecular weight is 246 g/mol. The van der Waals surface area contributed by atoms with E-state index in [9.17, 15) is 9.18 Å². The lowest BCUT2D eigenvalue weighted by Crippen LogP contribution is -2.30. The van der Waals surface area contributed by atoms with Gasteiger partial charge < -0.3 is 10.0 Å². The Morgan fingerprint density at radius 1 is 1.50 bits per heavy atom. The maximum Gasteiger partial charge on any atom is 0.322 e. The number of carbonyl (C=O) groups is 1. The highest BCUT2D eigenvalue weighted by Gasteiger charge is 2.15. The van der Waals surface area contributed by atoms with Crippen molar-refractivity contribution < 1.29 is 14.3 Å². The van der Waals surface area contributed by atoms with E-state index in [0.29, 0.717) is 6.54 Å². The Hall–Kier alpha value is -1.13. The molecule has 0 aliphatic carbocycles. The lowest BCUT2D eigenvalue weighted by molar-refractivity contribution is -0.136. The van der Waals surface area contributed by atoms with E-state index in [1.807, 2.05) is 0 Å². The van der Waals surface area contributed by atoms with E-state index < -0.39 is 11.3 Å². The molecule has 0 aliphatic heterocycles. The molecule has 1 atom stereocenters. The molecule has 0 saturated heterocycles. The predicted molar refractivity (Wildman–Crippen MR) is 60.0 cm³/mol. The predicted octanol–water partition coefficient (Wildman–Crippen LogP) is 1.95. The summed E-state index contributed by atoms with van der Waals surface area (Å²) in [6.45, 7) is 0.783. The number of hydrogen-bond donors (Lipinski definition) is 1. The van der Waals surface area contributed by atoms with Gasteiger partial charge in [-0.3, -0.25) is 4.79 Å². The van der Waals surface area contributed by atoms with E-state index in [4.69, 9.17) is 16.7 Å². The molecule has 1 aromatic rings. The van der Waals surface area contributed by atoms with Gasteiger partial charge in [-0.25, -0.2) is 4.39 Å². The van der Waals surface area contributed by atoms with Crippen LogP contribution in [0.25, 0.3) is 0 Å². The second kappa shape index (κ2) is 5.82. The smallest absolute Gasteiger partial charge is 0.322 e. The summed E-state index contributed by atoms with van der Waals surface area (Å²) in [6.07, 6.45) is 0. The zero-order valence-electron chi connectivity index (χ0n) is 8.86. The molecular formula is C11H13ClFNO2. The molecule has 0 heterocycles. The van der Waals surface area contributed by atoms with Crippen molar-refractivity contribution in [1.82, 2.24) is 4.90 Å².